The minimum absolute atomic E-state index is 0.0516. The SMILES string of the molecule is O=C(Cc1ccccc1)CS(=O)(=O)F. The highest BCUT2D eigenvalue weighted by Gasteiger charge is 2.14. The van der Waals surface area contributed by atoms with Crippen LogP contribution in [-0.2, 0) is 21.4 Å². The van der Waals surface area contributed by atoms with Crippen molar-refractivity contribution in [2.24, 2.45) is 0 Å². The summed E-state index contributed by atoms with van der Waals surface area (Å²) in [5.41, 5.74) is 0.682. The van der Waals surface area contributed by atoms with Crippen molar-refractivity contribution in [3.8, 4) is 0 Å². The molecule has 0 fully saturated rings. The van der Waals surface area contributed by atoms with Crippen LogP contribution in [0.4, 0.5) is 3.89 Å². The van der Waals surface area contributed by atoms with Gasteiger partial charge in [-0.2, -0.15) is 8.42 Å². The molecule has 76 valence electrons. The van der Waals surface area contributed by atoms with Gasteiger partial charge in [-0.3, -0.25) is 4.79 Å². The summed E-state index contributed by atoms with van der Waals surface area (Å²) in [6.45, 7) is 0. The minimum Gasteiger partial charge on any atom is -0.298 e. The lowest BCUT2D eigenvalue weighted by molar-refractivity contribution is -0.116. The molecule has 1 rings (SSSR count). The molecule has 0 radical (unpaired) electrons. The van der Waals surface area contributed by atoms with Crippen molar-refractivity contribution in [2.75, 3.05) is 5.75 Å². The molecule has 0 aliphatic rings. The second kappa shape index (κ2) is 4.32. The van der Waals surface area contributed by atoms with Crippen LogP contribution >= 0.6 is 0 Å². The monoisotopic (exact) mass is 216 g/mol. The van der Waals surface area contributed by atoms with Crippen LogP contribution in [0.2, 0.25) is 0 Å². The van der Waals surface area contributed by atoms with Gasteiger partial charge >= 0.3 is 10.2 Å². The van der Waals surface area contributed by atoms with Gasteiger partial charge < -0.3 is 0 Å². The molecule has 1 aromatic rings. The molecule has 0 unspecified atom stereocenters. The van der Waals surface area contributed by atoms with Gasteiger partial charge in [0.05, 0.1) is 0 Å². The molecule has 0 saturated carbocycles. The average molecular weight is 216 g/mol. The van der Waals surface area contributed by atoms with E-state index >= 15 is 0 Å². The van der Waals surface area contributed by atoms with E-state index in [2.05, 4.69) is 0 Å². The van der Waals surface area contributed by atoms with Crippen LogP contribution in [0.15, 0.2) is 30.3 Å². The van der Waals surface area contributed by atoms with Gasteiger partial charge in [0.2, 0.25) is 0 Å². The summed E-state index contributed by atoms with van der Waals surface area (Å²) in [6, 6.07) is 8.60. The third-order valence-corrected chi connectivity index (χ3v) is 2.24. The summed E-state index contributed by atoms with van der Waals surface area (Å²) in [5.74, 6) is -1.68. The van der Waals surface area contributed by atoms with Crippen molar-refractivity contribution in [2.45, 2.75) is 6.42 Å². The number of hydrogen-bond acceptors (Lipinski definition) is 3. The average Bonchev–Trinajstić information content (AvgIpc) is 2.02. The van der Waals surface area contributed by atoms with Crippen molar-refractivity contribution in [3.63, 3.8) is 0 Å². The largest absolute Gasteiger partial charge is 0.309 e. The molecule has 14 heavy (non-hydrogen) atoms. The number of hydrogen-bond donors (Lipinski definition) is 0. The topological polar surface area (TPSA) is 51.2 Å². The van der Waals surface area contributed by atoms with Gasteiger partial charge in [0.15, 0.2) is 5.78 Å². The lowest BCUT2D eigenvalue weighted by Gasteiger charge is -1.97. The first-order valence-corrected chi connectivity index (χ1v) is 5.50. The Morgan fingerprint density at radius 1 is 1.21 bits per heavy atom. The zero-order chi connectivity index (χ0) is 10.6. The van der Waals surface area contributed by atoms with E-state index in [1.54, 1.807) is 30.3 Å². The fourth-order valence-electron chi connectivity index (χ4n) is 1.07. The lowest BCUT2D eigenvalue weighted by Crippen LogP contribution is -2.14. The number of Topliss-reactive ketones (excluding diaryl/α,β-unsaturated/α-hetero) is 1. The maximum Gasteiger partial charge on any atom is 0.309 e. The number of ketones is 1. The van der Waals surface area contributed by atoms with Crippen LogP contribution in [0, 0.1) is 0 Å². The van der Waals surface area contributed by atoms with E-state index in [0.717, 1.165) is 0 Å². The Bertz CT molecular complexity index is 411. The first kappa shape index (κ1) is 10.8. The molecular formula is C9H9FO3S. The van der Waals surface area contributed by atoms with Gasteiger partial charge in [-0.1, -0.05) is 30.3 Å². The van der Waals surface area contributed by atoms with Gasteiger partial charge in [-0.05, 0) is 5.56 Å². The summed E-state index contributed by atoms with van der Waals surface area (Å²) in [6.07, 6.45) is -0.0516. The van der Waals surface area contributed by atoms with E-state index in [9.17, 15) is 17.1 Å². The third-order valence-electron chi connectivity index (χ3n) is 1.58. The van der Waals surface area contributed by atoms with Crippen LogP contribution < -0.4 is 0 Å². The summed E-state index contributed by atoms with van der Waals surface area (Å²) < 4.78 is 32.4. The van der Waals surface area contributed by atoms with Crippen molar-refractivity contribution < 1.29 is 17.1 Å². The zero-order valence-electron chi connectivity index (χ0n) is 7.31. The molecule has 0 heterocycles. The molecule has 0 aliphatic heterocycles. The molecule has 0 aliphatic carbocycles. The first-order valence-electron chi connectivity index (χ1n) is 3.95. The van der Waals surface area contributed by atoms with Crippen molar-refractivity contribution >= 4 is 16.0 Å². The number of benzene rings is 1. The molecule has 0 aromatic heterocycles. The van der Waals surface area contributed by atoms with Crippen LogP contribution in [-0.4, -0.2) is 20.0 Å². The van der Waals surface area contributed by atoms with Crippen LogP contribution in [0.25, 0.3) is 0 Å². The molecule has 5 heteroatoms. The predicted octanol–water partition coefficient (Wildman–Crippen LogP) is 1.10. The third kappa shape index (κ3) is 4.13. The summed E-state index contributed by atoms with van der Waals surface area (Å²) in [5, 5.41) is 0. The fraction of sp³-hybridized carbons (Fsp3) is 0.222. The minimum atomic E-state index is -4.69. The second-order valence-corrected chi connectivity index (χ2v) is 4.25. The van der Waals surface area contributed by atoms with E-state index < -0.39 is 21.8 Å². The maximum atomic E-state index is 12.1. The van der Waals surface area contributed by atoms with Crippen LogP contribution in [0.5, 0.6) is 0 Å². The Labute approximate surface area is 81.8 Å². The van der Waals surface area contributed by atoms with Gasteiger partial charge in [0.25, 0.3) is 0 Å². The van der Waals surface area contributed by atoms with Crippen molar-refractivity contribution in [1.82, 2.24) is 0 Å². The van der Waals surface area contributed by atoms with Crippen LogP contribution in [0.3, 0.4) is 0 Å². The molecule has 0 saturated heterocycles. The van der Waals surface area contributed by atoms with E-state index in [1.807, 2.05) is 0 Å². The number of carbonyl (C=O) groups is 1. The first-order chi connectivity index (χ1) is 6.47. The molecular weight excluding hydrogens is 207 g/mol. The lowest BCUT2D eigenvalue weighted by atomic mass is 10.1. The van der Waals surface area contributed by atoms with Crippen molar-refractivity contribution in [1.29, 1.82) is 0 Å². The maximum absolute atomic E-state index is 12.1. The molecule has 0 amide bonds. The number of carbonyl (C=O) groups excluding carboxylic acids is 1. The van der Waals surface area contributed by atoms with Gasteiger partial charge in [-0.15, -0.1) is 3.89 Å². The summed E-state index contributed by atoms with van der Waals surface area (Å²) >= 11 is 0. The second-order valence-electron chi connectivity index (χ2n) is 2.88. The molecule has 0 N–H and O–H groups in total. The molecule has 1 aromatic carbocycles. The quantitative estimate of drug-likeness (QED) is 0.708. The van der Waals surface area contributed by atoms with E-state index in [1.165, 1.54) is 0 Å². The normalized spacial score (nSPS) is 11.2. The molecule has 3 nitrogen and oxygen atoms in total. The fourth-order valence-corrected chi connectivity index (χ4v) is 1.55. The van der Waals surface area contributed by atoms with Gasteiger partial charge in [0, 0.05) is 6.42 Å². The Kier molecular flexibility index (Phi) is 3.35. The van der Waals surface area contributed by atoms with E-state index in [0.29, 0.717) is 5.56 Å². The predicted molar refractivity (Wildman–Crippen MR) is 50.0 cm³/mol. The van der Waals surface area contributed by atoms with E-state index in [4.69, 9.17) is 0 Å². The van der Waals surface area contributed by atoms with Gasteiger partial charge in [-0.25, -0.2) is 0 Å². The van der Waals surface area contributed by atoms with Crippen molar-refractivity contribution in [3.05, 3.63) is 35.9 Å². The number of rotatable bonds is 4. The highest BCUT2D eigenvalue weighted by atomic mass is 32.3. The van der Waals surface area contributed by atoms with E-state index in [-0.39, 0.29) is 6.42 Å². The number of halogens is 1. The van der Waals surface area contributed by atoms with Crippen LogP contribution in [0.1, 0.15) is 5.56 Å². The molecule has 0 atom stereocenters. The van der Waals surface area contributed by atoms with Gasteiger partial charge in [0.1, 0.15) is 5.75 Å². The Hall–Kier alpha value is -1.23. The summed E-state index contributed by atoms with van der Waals surface area (Å²) in [4.78, 5) is 11.0. The Morgan fingerprint density at radius 3 is 2.29 bits per heavy atom. The smallest absolute Gasteiger partial charge is 0.298 e. The molecule has 0 bridgehead atoms. The Balaban J connectivity index is 2.59. The summed E-state index contributed by atoms with van der Waals surface area (Å²) in [7, 11) is -4.69. The molecule has 0 spiro atoms. The Morgan fingerprint density at radius 2 is 1.79 bits per heavy atom. The highest BCUT2D eigenvalue weighted by molar-refractivity contribution is 7.87. The standard InChI is InChI=1S/C9H9FO3S/c10-14(12,13)7-9(11)6-8-4-2-1-3-5-8/h1-5H,6-7H2. The zero-order valence-corrected chi connectivity index (χ0v) is 8.13. The highest BCUT2D eigenvalue weighted by Crippen LogP contribution is 2.02.